The van der Waals surface area contributed by atoms with Crippen LogP contribution in [-0.4, -0.2) is 0 Å². The van der Waals surface area contributed by atoms with Gasteiger partial charge < -0.3 is 0 Å². The lowest BCUT2D eigenvalue weighted by Crippen LogP contribution is -1.97. The van der Waals surface area contributed by atoms with Gasteiger partial charge in [-0.25, -0.2) is 0 Å². The molecule has 0 heteroatoms. The SMILES string of the molecule is CCCC1=CCC2=C1CCCC2. The molecule has 0 atom stereocenters. The lowest BCUT2D eigenvalue weighted by Gasteiger charge is -2.16. The van der Waals surface area contributed by atoms with Gasteiger partial charge in [0.15, 0.2) is 0 Å². The monoisotopic (exact) mass is 162 g/mol. The van der Waals surface area contributed by atoms with Crippen LogP contribution in [0.2, 0.25) is 0 Å². The van der Waals surface area contributed by atoms with E-state index in [1.165, 1.54) is 44.9 Å². The first-order chi connectivity index (χ1) is 5.92. The van der Waals surface area contributed by atoms with Crippen molar-refractivity contribution in [2.45, 2.75) is 51.9 Å². The van der Waals surface area contributed by atoms with Crippen molar-refractivity contribution in [1.29, 1.82) is 0 Å². The molecule has 0 bridgehead atoms. The van der Waals surface area contributed by atoms with E-state index in [-0.39, 0.29) is 0 Å². The Morgan fingerprint density at radius 2 is 2.08 bits per heavy atom. The number of hydrogen-bond donors (Lipinski definition) is 0. The van der Waals surface area contributed by atoms with Gasteiger partial charge in [-0.15, -0.1) is 0 Å². The van der Waals surface area contributed by atoms with Crippen LogP contribution in [0, 0.1) is 0 Å². The Balaban J connectivity index is 2.12. The molecule has 0 aromatic carbocycles. The summed E-state index contributed by atoms with van der Waals surface area (Å²) in [6.45, 7) is 2.28. The van der Waals surface area contributed by atoms with E-state index in [1.807, 2.05) is 0 Å². The topological polar surface area (TPSA) is 0 Å². The first-order valence-corrected chi connectivity index (χ1v) is 5.32. The minimum Gasteiger partial charge on any atom is -0.0770 e. The minimum atomic E-state index is 1.28. The highest BCUT2D eigenvalue weighted by atomic mass is 14.2. The van der Waals surface area contributed by atoms with Crippen LogP contribution >= 0.6 is 0 Å². The second kappa shape index (κ2) is 3.47. The third-order valence-corrected chi connectivity index (χ3v) is 3.08. The number of rotatable bonds is 2. The molecule has 0 unspecified atom stereocenters. The third-order valence-electron chi connectivity index (χ3n) is 3.08. The summed E-state index contributed by atoms with van der Waals surface area (Å²) in [5.41, 5.74) is 5.21. The van der Waals surface area contributed by atoms with Crippen LogP contribution in [0.4, 0.5) is 0 Å². The Labute approximate surface area is 75.4 Å². The van der Waals surface area contributed by atoms with Gasteiger partial charge in [0.2, 0.25) is 0 Å². The molecule has 0 aliphatic heterocycles. The summed E-state index contributed by atoms with van der Waals surface area (Å²) in [6, 6.07) is 0. The first kappa shape index (κ1) is 8.10. The molecule has 0 N–H and O–H groups in total. The molecule has 0 nitrogen and oxygen atoms in total. The van der Waals surface area contributed by atoms with Gasteiger partial charge >= 0.3 is 0 Å². The van der Waals surface area contributed by atoms with E-state index < -0.39 is 0 Å². The zero-order valence-electron chi connectivity index (χ0n) is 8.03. The Kier molecular flexibility index (Phi) is 2.34. The fraction of sp³-hybridized carbons (Fsp3) is 0.667. The minimum absolute atomic E-state index is 1.28. The molecule has 0 spiro atoms. The van der Waals surface area contributed by atoms with Gasteiger partial charge in [-0.05, 0) is 49.7 Å². The van der Waals surface area contributed by atoms with E-state index in [0.717, 1.165) is 0 Å². The average Bonchev–Trinajstić information content (AvgIpc) is 2.50. The molecule has 0 aromatic rings. The van der Waals surface area contributed by atoms with E-state index in [0.29, 0.717) is 0 Å². The van der Waals surface area contributed by atoms with Gasteiger partial charge in [-0.3, -0.25) is 0 Å². The summed E-state index contributed by atoms with van der Waals surface area (Å²) in [6.07, 6.45) is 12.0. The van der Waals surface area contributed by atoms with Crippen molar-refractivity contribution in [3.8, 4) is 0 Å². The Hall–Kier alpha value is -0.520. The Bertz CT molecular complexity index is 230. The molecule has 66 valence electrons. The quantitative estimate of drug-likeness (QED) is 0.576. The van der Waals surface area contributed by atoms with Gasteiger partial charge in [0.05, 0.1) is 0 Å². The summed E-state index contributed by atoms with van der Waals surface area (Å²) in [4.78, 5) is 0. The second-order valence-electron chi connectivity index (χ2n) is 3.97. The predicted octanol–water partition coefficient (Wildman–Crippen LogP) is 3.99. The van der Waals surface area contributed by atoms with Crippen molar-refractivity contribution in [1.82, 2.24) is 0 Å². The van der Waals surface area contributed by atoms with Crippen LogP contribution in [0.5, 0.6) is 0 Å². The van der Waals surface area contributed by atoms with Gasteiger partial charge in [0, 0.05) is 0 Å². The van der Waals surface area contributed by atoms with Crippen molar-refractivity contribution in [3.63, 3.8) is 0 Å². The average molecular weight is 162 g/mol. The van der Waals surface area contributed by atoms with Gasteiger partial charge in [-0.2, -0.15) is 0 Å². The highest BCUT2D eigenvalue weighted by Crippen LogP contribution is 2.38. The van der Waals surface area contributed by atoms with Crippen LogP contribution in [0.25, 0.3) is 0 Å². The summed E-state index contributed by atoms with van der Waals surface area (Å²) in [5.74, 6) is 0. The van der Waals surface area contributed by atoms with E-state index in [9.17, 15) is 0 Å². The van der Waals surface area contributed by atoms with Crippen molar-refractivity contribution < 1.29 is 0 Å². The molecule has 2 aliphatic carbocycles. The molecular weight excluding hydrogens is 144 g/mol. The molecule has 0 saturated carbocycles. The Morgan fingerprint density at radius 3 is 2.92 bits per heavy atom. The molecule has 0 radical (unpaired) electrons. The third kappa shape index (κ3) is 1.35. The highest BCUT2D eigenvalue weighted by Gasteiger charge is 2.19. The van der Waals surface area contributed by atoms with Crippen LogP contribution in [0.3, 0.4) is 0 Å². The van der Waals surface area contributed by atoms with E-state index in [4.69, 9.17) is 0 Å². The first-order valence-electron chi connectivity index (χ1n) is 5.32. The second-order valence-corrected chi connectivity index (χ2v) is 3.97. The molecule has 12 heavy (non-hydrogen) atoms. The summed E-state index contributed by atoms with van der Waals surface area (Å²) < 4.78 is 0. The molecule has 0 amide bonds. The standard InChI is InChI=1S/C12H18/c1-2-5-10-8-9-11-6-3-4-7-12(10)11/h8H,2-7,9H2,1H3. The maximum atomic E-state index is 2.47. The van der Waals surface area contributed by atoms with Gasteiger partial charge in [-0.1, -0.05) is 25.0 Å². The molecule has 0 fully saturated rings. The van der Waals surface area contributed by atoms with Crippen LogP contribution in [0.15, 0.2) is 22.8 Å². The van der Waals surface area contributed by atoms with Gasteiger partial charge in [0.1, 0.15) is 0 Å². The largest absolute Gasteiger partial charge is 0.0770 e. The molecule has 2 rings (SSSR count). The van der Waals surface area contributed by atoms with E-state index in [2.05, 4.69) is 13.0 Å². The fourth-order valence-electron chi connectivity index (χ4n) is 2.47. The van der Waals surface area contributed by atoms with Crippen molar-refractivity contribution in [2.24, 2.45) is 0 Å². The van der Waals surface area contributed by atoms with Crippen LogP contribution < -0.4 is 0 Å². The number of allylic oxidation sites excluding steroid dienone is 4. The van der Waals surface area contributed by atoms with Crippen LogP contribution in [0.1, 0.15) is 51.9 Å². The maximum Gasteiger partial charge on any atom is -0.0127 e. The van der Waals surface area contributed by atoms with Crippen LogP contribution in [-0.2, 0) is 0 Å². The fourth-order valence-corrected chi connectivity index (χ4v) is 2.47. The summed E-state index contributed by atoms with van der Waals surface area (Å²) in [5, 5.41) is 0. The zero-order valence-corrected chi connectivity index (χ0v) is 8.03. The summed E-state index contributed by atoms with van der Waals surface area (Å²) in [7, 11) is 0. The molecule has 0 aromatic heterocycles. The van der Waals surface area contributed by atoms with E-state index >= 15 is 0 Å². The van der Waals surface area contributed by atoms with Crippen molar-refractivity contribution >= 4 is 0 Å². The lowest BCUT2D eigenvalue weighted by atomic mass is 9.90. The molecular formula is C12H18. The zero-order chi connectivity index (χ0) is 8.39. The molecule has 0 saturated heterocycles. The Morgan fingerprint density at radius 1 is 1.25 bits per heavy atom. The molecule has 0 heterocycles. The van der Waals surface area contributed by atoms with Crippen molar-refractivity contribution in [3.05, 3.63) is 22.8 Å². The number of hydrogen-bond acceptors (Lipinski definition) is 0. The van der Waals surface area contributed by atoms with Gasteiger partial charge in [0.25, 0.3) is 0 Å². The smallest absolute Gasteiger partial charge is 0.0127 e. The lowest BCUT2D eigenvalue weighted by molar-refractivity contribution is 0.672. The summed E-state index contributed by atoms with van der Waals surface area (Å²) >= 11 is 0. The normalized spacial score (nSPS) is 22.6. The highest BCUT2D eigenvalue weighted by molar-refractivity contribution is 5.43. The maximum absolute atomic E-state index is 2.47. The van der Waals surface area contributed by atoms with E-state index in [1.54, 1.807) is 16.7 Å². The predicted molar refractivity (Wildman–Crippen MR) is 53.1 cm³/mol. The van der Waals surface area contributed by atoms with Crippen molar-refractivity contribution in [2.75, 3.05) is 0 Å². The molecule has 2 aliphatic rings.